The van der Waals surface area contributed by atoms with Gasteiger partial charge in [-0.1, -0.05) is 0 Å². The molecule has 6 heteroatoms. The van der Waals surface area contributed by atoms with Crippen LogP contribution in [0.1, 0.15) is 12.2 Å². The fraction of sp³-hybridized carbons (Fsp3) is 0.833. The Hall–Kier alpha value is -0.290. The molecule has 0 bridgehead atoms. The highest BCUT2D eigenvalue weighted by atomic mass is 35.5. The highest BCUT2D eigenvalue weighted by molar-refractivity contribution is 7.98. The van der Waals surface area contributed by atoms with Crippen molar-refractivity contribution < 1.29 is 0 Å². The van der Waals surface area contributed by atoms with Gasteiger partial charge in [0.1, 0.15) is 0 Å². The first-order valence-corrected chi connectivity index (χ1v) is 5.61. The molecule has 1 aromatic heterocycles. The van der Waals surface area contributed by atoms with Crippen molar-refractivity contribution in [3.63, 3.8) is 0 Å². The van der Waals surface area contributed by atoms with E-state index in [0.717, 1.165) is 24.5 Å². The third-order valence-corrected chi connectivity index (χ3v) is 2.38. The van der Waals surface area contributed by atoms with Crippen LogP contribution in [-0.4, -0.2) is 32.2 Å². The summed E-state index contributed by atoms with van der Waals surface area (Å²) >= 11 is 7.44. The standard InChI is InChI=1S/C6H11ClN4S/c1-12-4-2-3-11-6(5-7)8-9-10-11/h2-5H2,1H3. The van der Waals surface area contributed by atoms with Gasteiger partial charge in [0, 0.05) is 6.54 Å². The SMILES string of the molecule is CSCCCn1nnnc1CCl. The zero-order chi connectivity index (χ0) is 8.81. The van der Waals surface area contributed by atoms with Gasteiger partial charge in [-0.05, 0) is 28.9 Å². The Bertz CT molecular complexity index is 227. The predicted octanol–water partition coefficient (Wildman–Crippen LogP) is 1.16. The minimum absolute atomic E-state index is 0.381. The molecule has 12 heavy (non-hydrogen) atoms. The van der Waals surface area contributed by atoms with E-state index in [1.807, 2.05) is 11.8 Å². The largest absolute Gasteiger partial charge is 0.228 e. The van der Waals surface area contributed by atoms with Gasteiger partial charge in [0.2, 0.25) is 0 Å². The Morgan fingerprint density at radius 1 is 1.58 bits per heavy atom. The number of hydrogen-bond acceptors (Lipinski definition) is 4. The maximum Gasteiger partial charge on any atom is 0.165 e. The number of halogens is 1. The molecule has 0 aliphatic carbocycles. The number of hydrogen-bond donors (Lipinski definition) is 0. The monoisotopic (exact) mass is 206 g/mol. The lowest BCUT2D eigenvalue weighted by Gasteiger charge is -2.00. The number of thioether (sulfide) groups is 1. The quantitative estimate of drug-likeness (QED) is 0.536. The second kappa shape index (κ2) is 5.37. The van der Waals surface area contributed by atoms with Crippen LogP contribution in [0, 0.1) is 0 Å². The molecule has 4 nitrogen and oxygen atoms in total. The summed E-state index contributed by atoms with van der Waals surface area (Å²) in [6.07, 6.45) is 3.16. The molecule has 0 saturated carbocycles. The van der Waals surface area contributed by atoms with Crippen molar-refractivity contribution in [1.82, 2.24) is 20.2 Å². The molecular formula is C6H11ClN4S. The first kappa shape index (κ1) is 9.80. The van der Waals surface area contributed by atoms with Gasteiger partial charge >= 0.3 is 0 Å². The maximum atomic E-state index is 5.62. The molecule has 0 N–H and O–H groups in total. The van der Waals surface area contributed by atoms with Crippen LogP contribution in [0.3, 0.4) is 0 Å². The Morgan fingerprint density at radius 2 is 2.42 bits per heavy atom. The van der Waals surface area contributed by atoms with Crippen molar-refractivity contribution in [1.29, 1.82) is 0 Å². The Kier molecular flexibility index (Phi) is 4.39. The molecule has 0 spiro atoms. The van der Waals surface area contributed by atoms with Gasteiger partial charge in [-0.25, -0.2) is 4.68 Å². The summed E-state index contributed by atoms with van der Waals surface area (Å²) in [6, 6.07) is 0. The Morgan fingerprint density at radius 3 is 3.08 bits per heavy atom. The van der Waals surface area contributed by atoms with E-state index in [9.17, 15) is 0 Å². The van der Waals surface area contributed by atoms with Crippen LogP contribution in [0.25, 0.3) is 0 Å². The number of aromatic nitrogens is 4. The lowest BCUT2D eigenvalue weighted by atomic mass is 10.5. The lowest BCUT2D eigenvalue weighted by Crippen LogP contribution is -2.05. The fourth-order valence-electron chi connectivity index (χ4n) is 0.851. The van der Waals surface area contributed by atoms with Crippen molar-refractivity contribution in [2.75, 3.05) is 12.0 Å². The molecule has 1 rings (SSSR count). The molecule has 68 valence electrons. The minimum atomic E-state index is 0.381. The summed E-state index contributed by atoms with van der Waals surface area (Å²) < 4.78 is 1.75. The maximum absolute atomic E-state index is 5.62. The smallest absolute Gasteiger partial charge is 0.165 e. The number of nitrogens with zero attached hydrogens (tertiary/aromatic N) is 4. The number of alkyl halides is 1. The molecular weight excluding hydrogens is 196 g/mol. The van der Waals surface area contributed by atoms with E-state index < -0.39 is 0 Å². The van der Waals surface area contributed by atoms with Crippen LogP contribution in [0.15, 0.2) is 0 Å². The van der Waals surface area contributed by atoms with Crippen LogP contribution >= 0.6 is 23.4 Å². The van der Waals surface area contributed by atoms with Crippen LogP contribution in [0.5, 0.6) is 0 Å². The third kappa shape index (κ3) is 2.64. The van der Waals surface area contributed by atoms with Crippen molar-refractivity contribution in [2.45, 2.75) is 18.8 Å². The van der Waals surface area contributed by atoms with E-state index >= 15 is 0 Å². The van der Waals surface area contributed by atoms with Gasteiger partial charge in [-0.3, -0.25) is 0 Å². The fourth-order valence-corrected chi connectivity index (χ4v) is 1.46. The van der Waals surface area contributed by atoms with Crippen LogP contribution < -0.4 is 0 Å². The molecule has 0 unspecified atom stereocenters. The third-order valence-electron chi connectivity index (χ3n) is 1.44. The normalized spacial score (nSPS) is 10.5. The lowest BCUT2D eigenvalue weighted by molar-refractivity contribution is 0.566. The average molecular weight is 207 g/mol. The van der Waals surface area contributed by atoms with Crippen molar-refractivity contribution in [3.05, 3.63) is 5.82 Å². The zero-order valence-corrected chi connectivity index (χ0v) is 8.48. The molecule has 1 aromatic rings. The molecule has 1 heterocycles. The number of rotatable bonds is 5. The van der Waals surface area contributed by atoms with Crippen molar-refractivity contribution in [3.8, 4) is 0 Å². The first-order valence-electron chi connectivity index (χ1n) is 3.68. The van der Waals surface area contributed by atoms with Crippen LogP contribution in [-0.2, 0) is 12.4 Å². The van der Waals surface area contributed by atoms with Crippen molar-refractivity contribution in [2.24, 2.45) is 0 Å². The average Bonchev–Trinajstić information content (AvgIpc) is 2.52. The van der Waals surface area contributed by atoms with Crippen LogP contribution in [0.2, 0.25) is 0 Å². The van der Waals surface area contributed by atoms with Gasteiger partial charge in [-0.15, -0.1) is 16.7 Å². The molecule has 0 saturated heterocycles. The zero-order valence-electron chi connectivity index (χ0n) is 6.90. The van der Waals surface area contributed by atoms with Gasteiger partial charge in [0.05, 0.1) is 5.88 Å². The van der Waals surface area contributed by atoms with E-state index in [4.69, 9.17) is 11.6 Å². The first-order chi connectivity index (χ1) is 5.88. The number of aryl methyl sites for hydroxylation is 1. The van der Waals surface area contributed by atoms with Crippen molar-refractivity contribution >= 4 is 23.4 Å². The predicted molar refractivity (Wildman–Crippen MR) is 50.4 cm³/mol. The van der Waals surface area contributed by atoms with E-state index in [-0.39, 0.29) is 0 Å². The summed E-state index contributed by atoms with van der Waals surface area (Å²) in [7, 11) is 0. The summed E-state index contributed by atoms with van der Waals surface area (Å²) in [4.78, 5) is 0. The van der Waals surface area contributed by atoms with E-state index in [2.05, 4.69) is 21.8 Å². The second-order valence-electron chi connectivity index (χ2n) is 2.30. The molecule has 0 aliphatic heterocycles. The van der Waals surface area contributed by atoms with E-state index in [1.165, 1.54) is 0 Å². The Labute approximate surface area is 80.7 Å². The van der Waals surface area contributed by atoms with Gasteiger partial charge in [0.25, 0.3) is 0 Å². The van der Waals surface area contributed by atoms with Gasteiger partial charge in [0.15, 0.2) is 5.82 Å². The molecule has 0 atom stereocenters. The van der Waals surface area contributed by atoms with Crippen LogP contribution in [0.4, 0.5) is 0 Å². The molecule has 0 aliphatic rings. The Balaban J connectivity index is 2.39. The summed E-state index contributed by atoms with van der Waals surface area (Å²) in [5.41, 5.74) is 0. The second-order valence-corrected chi connectivity index (χ2v) is 3.55. The molecule has 0 amide bonds. The molecule has 0 aromatic carbocycles. The molecule has 0 radical (unpaired) electrons. The van der Waals surface area contributed by atoms with Gasteiger partial charge < -0.3 is 0 Å². The minimum Gasteiger partial charge on any atom is -0.228 e. The highest BCUT2D eigenvalue weighted by Crippen LogP contribution is 2.01. The summed E-state index contributed by atoms with van der Waals surface area (Å²) in [6.45, 7) is 0.857. The van der Waals surface area contributed by atoms with E-state index in [1.54, 1.807) is 4.68 Å². The van der Waals surface area contributed by atoms with E-state index in [0.29, 0.717) is 5.88 Å². The number of tetrazole rings is 1. The van der Waals surface area contributed by atoms with Gasteiger partial charge in [-0.2, -0.15) is 11.8 Å². The topological polar surface area (TPSA) is 43.6 Å². The summed E-state index contributed by atoms with van der Waals surface area (Å²) in [5, 5.41) is 11.1. The highest BCUT2D eigenvalue weighted by Gasteiger charge is 2.02. The summed E-state index contributed by atoms with van der Waals surface area (Å²) in [5.74, 6) is 2.26. The molecule has 0 fully saturated rings.